The molecule has 10 heteroatoms. The van der Waals surface area contributed by atoms with Gasteiger partial charge in [0.05, 0.1) is 22.5 Å². The Hall–Kier alpha value is -3.20. The van der Waals surface area contributed by atoms with E-state index in [4.69, 9.17) is 16.6 Å². The number of aromatic carboxylic acids is 1. The lowest BCUT2D eigenvalue weighted by Gasteiger charge is -2.33. The van der Waals surface area contributed by atoms with E-state index in [0.29, 0.717) is 33.1 Å². The molecule has 1 atom stereocenters. The van der Waals surface area contributed by atoms with Crippen molar-refractivity contribution in [2.75, 3.05) is 23.3 Å². The molecule has 3 aromatic rings. The van der Waals surface area contributed by atoms with E-state index in [1.807, 2.05) is 19.9 Å². The number of carboxylic acids is 1. The van der Waals surface area contributed by atoms with E-state index in [1.54, 1.807) is 30.1 Å². The van der Waals surface area contributed by atoms with Crippen LogP contribution in [0.15, 0.2) is 35.1 Å². The van der Waals surface area contributed by atoms with Gasteiger partial charge in [-0.3, -0.25) is 9.36 Å². The second-order valence-corrected chi connectivity index (χ2v) is 9.17. The van der Waals surface area contributed by atoms with Crippen LogP contribution in [0.25, 0.3) is 10.9 Å². The second kappa shape index (κ2) is 8.87. The number of carbonyl (C=O) groups is 1. The summed E-state index contributed by atoms with van der Waals surface area (Å²) in [6, 6.07) is 7.77. The predicted octanol–water partition coefficient (Wildman–Crippen LogP) is 5.00. The zero-order chi connectivity index (χ0) is 24.8. The molecule has 4 rings (SSSR count). The van der Waals surface area contributed by atoms with Crippen LogP contribution in [-0.2, 0) is 7.05 Å². The van der Waals surface area contributed by atoms with Crippen molar-refractivity contribution in [3.63, 3.8) is 0 Å². The molecule has 2 N–H and O–H groups in total. The number of fused-ring (bicyclic) bond motifs is 1. The molecule has 0 amide bonds. The number of hydrogen-bond donors (Lipinski definition) is 2. The van der Waals surface area contributed by atoms with E-state index >= 15 is 0 Å². The van der Waals surface area contributed by atoms with Crippen LogP contribution in [0.1, 0.15) is 47.3 Å². The van der Waals surface area contributed by atoms with Crippen LogP contribution in [0.4, 0.5) is 20.4 Å². The summed E-state index contributed by atoms with van der Waals surface area (Å²) in [6.07, 6.45) is -0.595. The normalized spacial score (nSPS) is 16.5. The van der Waals surface area contributed by atoms with Gasteiger partial charge in [-0.25, -0.2) is 18.6 Å². The second-order valence-electron chi connectivity index (χ2n) is 8.73. The largest absolute Gasteiger partial charge is 0.478 e. The zero-order valence-electron chi connectivity index (χ0n) is 19.0. The summed E-state index contributed by atoms with van der Waals surface area (Å²) in [7, 11) is 1.59. The van der Waals surface area contributed by atoms with Crippen molar-refractivity contribution in [1.82, 2.24) is 9.55 Å². The fraction of sp³-hybridized carbons (Fsp3) is 0.375. The molecule has 2 heterocycles. The molecule has 1 fully saturated rings. The number of alkyl halides is 2. The standard InChI is InChI=1S/C24H25ClF2N4O3/c1-13-10-16(14(2)28-19-5-4-15(25)12-17(19)22(33)34)20-18(11-13)21(32)30(3)23(29-20)31-8-6-24(26,27)7-9-31/h4-5,10-12,14,28H,6-9H2,1-3H3,(H,33,34)/t14-/m1/s1. The first-order chi connectivity index (χ1) is 16.0. The Balaban J connectivity index is 1.79. The minimum absolute atomic E-state index is 0.0233. The van der Waals surface area contributed by atoms with Crippen molar-refractivity contribution in [3.8, 4) is 0 Å². The number of hydrogen-bond acceptors (Lipinski definition) is 5. The molecule has 2 aromatic carbocycles. The van der Waals surface area contributed by atoms with Gasteiger partial charge in [-0.2, -0.15) is 0 Å². The van der Waals surface area contributed by atoms with Gasteiger partial charge >= 0.3 is 5.97 Å². The lowest BCUT2D eigenvalue weighted by molar-refractivity contribution is -0.0223. The molecule has 7 nitrogen and oxygen atoms in total. The number of halogens is 3. The maximum atomic E-state index is 13.7. The van der Waals surface area contributed by atoms with E-state index in [-0.39, 0.29) is 37.1 Å². The van der Waals surface area contributed by atoms with Gasteiger partial charge in [0.15, 0.2) is 0 Å². The third-order valence-electron chi connectivity index (χ3n) is 6.16. The molecule has 180 valence electrons. The number of carboxylic acid groups (broad SMARTS) is 1. The van der Waals surface area contributed by atoms with E-state index < -0.39 is 17.9 Å². The van der Waals surface area contributed by atoms with Gasteiger partial charge in [0, 0.05) is 49.3 Å². The van der Waals surface area contributed by atoms with Crippen LogP contribution < -0.4 is 15.8 Å². The molecule has 1 saturated heterocycles. The van der Waals surface area contributed by atoms with Gasteiger partial charge in [0.2, 0.25) is 5.95 Å². The molecule has 1 aliphatic rings. The van der Waals surface area contributed by atoms with Crippen LogP contribution in [0, 0.1) is 6.92 Å². The molecule has 1 aromatic heterocycles. The Morgan fingerprint density at radius 1 is 1.24 bits per heavy atom. The highest BCUT2D eigenvalue weighted by Gasteiger charge is 2.35. The monoisotopic (exact) mass is 490 g/mol. The Kier molecular flexibility index (Phi) is 6.24. The minimum atomic E-state index is -2.71. The van der Waals surface area contributed by atoms with Crippen molar-refractivity contribution in [2.45, 2.75) is 38.7 Å². The molecule has 0 bridgehead atoms. The summed E-state index contributed by atoms with van der Waals surface area (Å²) in [6.45, 7) is 3.90. The average Bonchev–Trinajstić information content (AvgIpc) is 2.77. The van der Waals surface area contributed by atoms with E-state index in [2.05, 4.69) is 5.32 Å². The van der Waals surface area contributed by atoms with Crippen LogP contribution in [0.5, 0.6) is 0 Å². The highest BCUT2D eigenvalue weighted by atomic mass is 35.5. The summed E-state index contributed by atoms with van der Waals surface area (Å²) < 4.78 is 28.8. The molecule has 0 radical (unpaired) electrons. The van der Waals surface area contributed by atoms with Gasteiger partial charge in [-0.05, 0) is 43.7 Å². The van der Waals surface area contributed by atoms with Gasteiger partial charge in [0.1, 0.15) is 0 Å². The van der Waals surface area contributed by atoms with Crippen molar-refractivity contribution in [2.24, 2.45) is 7.05 Å². The van der Waals surface area contributed by atoms with Crippen LogP contribution in [0.3, 0.4) is 0 Å². The van der Waals surface area contributed by atoms with Gasteiger partial charge in [0.25, 0.3) is 11.5 Å². The highest BCUT2D eigenvalue weighted by Crippen LogP contribution is 2.32. The lowest BCUT2D eigenvalue weighted by Crippen LogP contribution is -2.42. The third-order valence-corrected chi connectivity index (χ3v) is 6.39. The number of benzene rings is 2. The molecule has 1 aliphatic heterocycles. The lowest BCUT2D eigenvalue weighted by atomic mass is 10.0. The first-order valence-corrected chi connectivity index (χ1v) is 11.3. The quantitative estimate of drug-likeness (QED) is 0.523. The molecule has 0 aliphatic carbocycles. The Bertz CT molecular complexity index is 1330. The molecule has 34 heavy (non-hydrogen) atoms. The van der Waals surface area contributed by atoms with Gasteiger partial charge in [-0.15, -0.1) is 0 Å². The van der Waals surface area contributed by atoms with Crippen LogP contribution in [0.2, 0.25) is 5.02 Å². The molecule has 0 unspecified atom stereocenters. The number of nitrogens with one attached hydrogen (secondary N) is 1. The number of aryl methyl sites for hydroxylation is 1. The van der Waals surface area contributed by atoms with Crippen molar-refractivity contribution in [1.29, 1.82) is 0 Å². The number of piperidine rings is 1. The van der Waals surface area contributed by atoms with Gasteiger partial charge < -0.3 is 15.3 Å². The molecule has 0 spiro atoms. The fourth-order valence-corrected chi connectivity index (χ4v) is 4.49. The van der Waals surface area contributed by atoms with Crippen molar-refractivity contribution >= 4 is 40.1 Å². The summed E-state index contributed by atoms with van der Waals surface area (Å²) >= 11 is 5.96. The summed E-state index contributed by atoms with van der Waals surface area (Å²) in [4.78, 5) is 31.4. The van der Waals surface area contributed by atoms with E-state index in [0.717, 1.165) is 5.56 Å². The van der Waals surface area contributed by atoms with E-state index in [9.17, 15) is 23.5 Å². The number of nitrogens with zero attached hydrogens (tertiary/aromatic N) is 3. The minimum Gasteiger partial charge on any atom is -0.478 e. The zero-order valence-corrected chi connectivity index (χ0v) is 19.8. The third kappa shape index (κ3) is 4.57. The smallest absolute Gasteiger partial charge is 0.337 e. The molecular weight excluding hydrogens is 466 g/mol. The van der Waals surface area contributed by atoms with Crippen LogP contribution >= 0.6 is 11.6 Å². The summed E-state index contributed by atoms with van der Waals surface area (Å²) in [5, 5.41) is 13.5. The topological polar surface area (TPSA) is 87.5 Å². The Labute approximate surface area is 200 Å². The Morgan fingerprint density at radius 2 is 1.91 bits per heavy atom. The fourth-order valence-electron chi connectivity index (χ4n) is 4.32. The van der Waals surface area contributed by atoms with Crippen molar-refractivity contribution < 1.29 is 18.7 Å². The first kappa shape index (κ1) is 23.9. The average molecular weight is 491 g/mol. The van der Waals surface area contributed by atoms with E-state index in [1.165, 1.54) is 10.6 Å². The van der Waals surface area contributed by atoms with Crippen LogP contribution in [-0.4, -0.2) is 39.6 Å². The SMILES string of the molecule is Cc1cc([C@@H](C)Nc2ccc(Cl)cc2C(=O)O)c2nc(N3CCC(F)(F)CC3)n(C)c(=O)c2c1. The van der Waals surface area contributed by atoms with Crippen molar-refractivity contribution in [3.05, 3.63) is 62.4 Å². The first-order valence-electron chi connectivity index (χ1n) is 10.9. The molecular formula is C24H25ClF2N4O3. The maximum Gasteiger partial charge on any atom is 0.337 e. The number of anilines is 2. The summed E-state index contributed by atoms with van der Waals surface area (Å²) in [5.41, 5.74) is 2.12. The van der Waals surface area contributed by atoms with Gasteiger partial charge in [-0.1, -0.05) is 17.7 Å². The predicted molar refractivity (Wildman–Crippen MR) is 129 cm³/mol. The number of rotatable bonds is 5. The molecule has 0 saturated carbocycles. The highest BCUT2D eigenvalue weighted by molar-refractivity contribution is 6.31. The summed E-state index contributed by atoms with van der Waals surface area (Å²) in [5.74, 6) is -3.50. The Morgan fingerprint density at radius 3 is 2.56 bits per heavy atom. The number of aromatic nitrogens is 2. The maximum absolute atomic E-state index is 13.7.